The van der Waals surface area contributed by atoms with Gasteiger partial charge in [-0.2, -0.15) is 12.6 Å². The molecule has 0 unspecified atom stereocenters. The molecule has 0 saturated carbocycles. The fourth-order valence-corrected chi connectivity index (χ4v) is 0.385. The van der Waals surface area contributed by atoms with Crippen molar-refractivity contribution in [2.24, 2.45) is 5.73 Å². The van der Waals surface area contributed by atoms with E-state index in [1.807, 2.05) is 36.4 Å². The van der Waals surface area contributed by atoms with Gasteiger partial charge in [-0.25, -0.2) is 0 Å². The Bertz CT molecular complexity index is 162. The van der Waals surface area contributed by atoms with Gasteiger partial charge in [0.25, 0.3) is 0 Å². The first kappa shape index (κ1) is 10.0. The van der Waals surface area contributed by atoms with E-state index in [0.29, 0.717) is 0 Å². The van der Waals surface area contributed by atoms with E-state index >= 15 is 0 Å². The van der Waals surface area contributed by atoms with Crippen molar-refractivity contribution in [3.05, 3.63) is 36.4 Å². The van der Waals surface area contributed by atoms with Gasteiger partial charge in [0, 0.05) is 0 Å². The summed E-state index contributed by atoms with van der Waals surface area (Å²) in [6.07, 6.45) is 0. The minimum atomic E-state index is -0.381. The number of thiol groups is 1. The molecular weight excluding hydrogens is 158 g/mol. The summed E-state index contributed by atoms with van der Waals surface area (Å²) >= 11 is 3.54. The Kier molecular flexibility index (Phi) is 6.53. The molecule has 0 aliphatic heterocycles. The number of carbonyl (C=O) groups excluding carboxylic acids is 1. The molecule has 0 fully saturated rings. The van der Waals surface area contributed by atoms with Crippen LogP contribution in [0.3, 0.4) is 0 Å². The Labute approximate surface area is 71.8 Å². The van der Waals surface area contributed by atoms with E-state index in [2.05, 4.69) is 18.4 Å². The number of amides is 1. The topological polar surface area (TPSA) is 43.1 Å². The lowest BCUT2D eigenvalue weighted by Crippen LogP contribution is -2.10. The fraction of sp³-hybridized carbons (Fsp3) is 0.125. The molecule has 11 heavy (non-hydrogen) atoms. The summed E-state index contributed by atoms with van der Waals surface area (Å²) in [6, 6.07) is 12.0. The van der Waals surface area contributed by atoms with Crippen LogP contribution in [0.1, 0.15) is 0 Å². The Balaban J connectivity index is 0.000000187. The van der Waals surface area contributed by atoms with Crippen molar-refractivity contribution in [3.8, 4) is 0 Å². The molecule has 2 nitrogen and oxygen atoms in total. The maximum Gasteiger partial charge on any atom is 0.227 e. The van der Waals surface area contributed by atoms with Crippen molar-refractivity contribution < 1.29 is 4.79 Å². The van der Waals surface area contributed by atoms with Crippen LogP contribution in [0.5, 0.6) is 0 Å². The molecule has 0 aliphatic carbocycles. The first-order valence-electron chi connectivity index (χ1n) is 3.16. The molecule has 0 aliphatic rings. The molecule has 0 atom stereocenters. The van der Waals surface area contributed by atoms with Crippen LogP contribution < -0.4 is 5.73 Å². The van der Waals surface area contributed by atoms with E-state index < -0.39 is 0 Å². The van der Waals surface area contributed by atoms with Crippen molar-refractivity contribution in [2.45, 2.75) is 0 Å². The highest BCUT2D eigenvalue weighted by Crippen LogP contribution is 1.79. The largest absolute Gasteiger partial charge is 0.369 e. The summed E-state index contributed by atoms with van der Waals surface area (Å²) in [5.74, 6) is -0.242. The smallest absolute Gasteiger partial charge is 0.227 e. The van der Waals surface area contributed by atoms with Gasteiger partial charge in [0.2, 0.25) is 5.91 Å². The zero-order valence-electron chi connectivity index (χ0n) is 6.10. The molecule has 0 heterocycles. The van der Waals surface area contributed by atoms with Gasteiger partial charge in [0.1, 0.15) is 0 Å². The SMILES string of the molecule is NC(=O)CS.c1ccccc1. The second kappa shape index (κ2) is 7.15. The van der Waals surface area contributed by atoms with Crippen LogP contribution in [0.2, 0.25) is 0 Å². The first-order chi connectivity index (χ1) is 5.27. The number of hydrogen-bond donors (Lipinski definition) is 2. The van der Waals surface area contributed by atoms with Crippen LogP contribution in [-0.4, -0.2) is 11.7 Å². The van der Waals surface area contributed by atoms with E-state index in [1.165, 1.54) is 0 Å². The van der Waals surface area contributed by atoms with Gasteiger partial charge >= 0.3 is 0 Å². The molecule has 2 N–H and O–H groups in total. The Morgan fingerprint density at radius 2 is 1.27 bits per heavy atom. The van der Waals surface area contributed by atoms with E-state index in [0.717, 1.165) is 0 Å². The zero-order chi connectivity index (χ0) is 8.53. The maximum absolute atomic E-state index is 9.51. The monoisotopic (exact) mass is 169 g/mol. The molecule has 0 bridgehead atoms. The molecule has 0 radical (unpaired) electrons. The molecule has 1 aromatic carbocycles. The first-order valence-corrected chi connectivity index (χ1v) is 3.80. The number of nitrogens with two attached hydrogens (primary N) is 1. The van der Waals surface area contributed by atoms with E-state index in [1.54, 1.807) is 0 Å². The quantitative estimate of drug-likeness (QED) is 0.607. The van der Waals surface area contributed by atoms with Crippen molar-refractivity contribution in [3.63, 3.8) is 0 Å². The van der Waals surface area contributed by atoms with Gasteiger partial charge in [0.05, 0.1) is 5.75 Å². The molecule has 3 heteroatoms. The molecule has 1 rings (SSSR count). The predicted octanol–water partition coefficient (Wildman–Crippen LogP) is 1.09. The summed E-state index contributed by atoms with van der Waals surface area (Å²) < 4.78 is 0. The van der Waals surface area contributed by atoms with Crippen molar-refractivity contribution in [1.29, 1.82) is 0 Å². The Hall–Kier alpha value is -0.960. The lowest BCUT2D eigenvalue weighted by molar-refractivity contribution is -0.115. The third kappa shape index (κ3) is 9.04. The molecule has 1 aromatic rings. The normalized spacial score (nSPS) is 7.73. The van der Waals surface area contributed by atoms with Crippen LogP contribution in [0.15, 0.2) is 36.4 Å². The second-order valence-electron chi connectivity index (χ2n) is 1.78. The van der Waals surface area contributed by atoms with E-state index in [-0.39, 0.29) is 11.7 Å². The molecule has 0 saturated heterocycles. The van der Waals surface area contributed by atoms with Gasteiger partial charge in [-0.15, -0.1) is 0 Å². The van der Waals surface area contributed by atoms with E-state index in [4.69, 9.17) is 0 Å². The highest BCUT2D eigenvalue weighted by Gasteiger charge is 1.78. The minimum Gasteiger partial charge on any atom is -0.369 e. The number of benzene rings is 1. The van der Waals surface area contributed by atoms with Gasteiger partial charge in [-0.1, -0.05) is 36.4 Å². The van der Waals surface area contributed by atoms with Gasteiger partial charge in [-0.05, 0) is 0 Å². The number of carbonyl (C=O) groups is 1. The lowest BCUT2D eigenvalue weighted by Gasteiger charge is -1.72. The van der Waals surface area contributed by atoms with Gasteiger partial charge in [-0.3, -0.25) is 4.79 Å². The second-order valence-corrected chi connectivity index (χ2v) is 2.10. The van der Waals surface area contributed by atoms with Crippen molar-refractivity contribution in [1.82, 2.24) is 0 Å². The lowest BCUT2D eigenvalue weighted by atomic mass is 10.4. The number of primary amides is 1. The van der Waals surface area contributed by atoms with Crippen LogP contribution in [0, 0.1) is 0 Å². The summed E-state index contributed by atoms with van der Waals surface area (Å²) in [5, 5.41) is 0. The molecule has 60 valence electrons. The minimum absolute atomic E-state index is 0.139. The molecule has 0 spiro atoms. The summed E-state index contributed by atoms with van der Waals surface area (Å²) in [6.45, 7) is 0. The van der Waals surface area contributed by atoms with E-state index in [9.17, 15) is 4.79 Å². The average Bonchev–Trinajstić information content (AvgIpc) is 2.09. The predicted molar refractivity (Wildman–Crippen MR) is 49.5 cm³/mol. The Morgan fingerprint density at radius 3 is 1.36 bits per heavy atom. The number of rotatable bonds is 1. The third-order valence-electron chi connectivity index (χ3n) is 0.823. The van der Waals surface area contributed by atoms with Crippen molar-refractivity contribution >= 4 is 18.5 Å². The standard InChI is InChI=1S/C6H6.C2H5NOS/c1-2-4-6-5-3-1;3-2(4)1-5/h1-6H;5H,1H2,(H2,3,4). The highest BCUT2D eigenvalue weighted by atomic mass is 32.1. The van der Waals surface area contributed by atoms with Gasteiger partial charge in [0.15, 0.2) is 0 Å². The number of hydrogen-bond acceptors (Lipinski definition) is 2. The molecular formula is C8H11NOS. The summed E-state index contributed by atoms with van der Waals surface area (Å²) in [5.41, 5.74) is 4.58. The summed E-state index contributed by atoms with van der Waals surface area (Å²) in [4.78, 5) is 9.51. The average molecular weight is 169 g/mol. The Morgan fingerprint density at radius 1 is 1.09 bits per heavy atom. The zero-order valence-corrected chi connectivity index (χ0v) is 7.00. The fourth-order valence-electron chi connectivity index (χ4n) is 0.385. The highest BCUT2D eigenvalue weighted by molar-refractivity contribution is 7.81. The van der Waals surface area contributed by atoms with Crippen LogP contribution in [0.25, 0.3) is 0 Å². The summed E-state index contributed by atoms with van der Waals surface area (Å²) in [7, 11) is 0. The third-order valence-corrected chi connectivity index (χ3v) is 1.13. The van der Waals surface area contributed by atoms with Crippen LogP contribution in [0.4, 0.5) is 0 Å². The molecule has 1 amide bonds. The molecule has 0 aromatic heterocycles. The van der Waals surface area contributed by atoms with Crippen LogP contribution >= 0.6 is 12.6 Å². The van der Waals surface area contributed by atoms with Gasteiger partial charge < -0.3 is 5.73 Å². The van der Waals surface area contributed by atoms with Crippen LogP contribution in [-0.2, 0) is 4.79 Å². The van der Waals surface area contributed by atoms with Crippen molar-refractivity contribution in [2.75, 3.05) is 5.75 Å². The maximum atomic E-state index is 9.51.